The maximum absolute atomic E-state index is 9.35. The summed E-state index contributed by atoms with van der Waals surface area (Å²) in [7, 11) is 2.15. The molecule has 27 heavy (non-hydrogen) atoms. The minimum atomic E-state index is 0.256. The van der Waals surface area contributed by atoms with Gasteiger partial charge in [0, 0.05) is 38.1 Å². The first-order valence-electron chi connectivity index (χ1n) is 9.35. The van der Waals surface area contributed by atoms with Crippen LogP contribution in [0.1, 0.15) is 20.3 Å². The number of H-pyrrole nitrogens is 1. The van der Waals surface area contributed by atoms with E-state index in [-0.39, 0.29) is 5.92 Å². The van der Waals surface area contributed by atoms with Gasteiger partial charge in [0.15, 0.2) is 0 Å². The number of hydrogen-bond acceptors (Lipinski definition) is 5. The Morgan fingerprint density at radius 3 is 3.00 bits per heavy atom. The topological polar surface area (TPSA) is 71.8 Å². The lowest BCUT2D eigenvalue weighted by atomic mass is 9.98. The molecule has 2 aromatic rings. The highest BCUT2D eigenvalue weighted by Crippen LogP contribution is 2.30. The molecule has 6 nitrogen and oxygen atoms in total. The number of nitrogens with zero attached hydrogens (tertiary/aromatic N) is 5. The summed E-state index contributed by atoms with van der Waals surface area (Å²) in [6, 6.07) is 4.75. The second-order valence-electron chi connectivity index (χ2n) is 7.36. The minimum Gasteiger partial charge on any atom is -0.370 e. The molecule has 1 N–H and O–H groups in total. The van der Waals surface area contributed by atoms with E-state index in [0.717, 1.165) is 47.5 Å². The van der Waals surface area contributed by atoms with Crippen molar-refractivity contribution >= 4 is 16.9 Å². The second kappa shape index (κ2) is 6.92. The van der Waals surface area contributed by atoms with Gasteiger partial charge in [0.2, 0.25) is 0 Å². The number of nitrogens with one attached hydrogen (secondary N) is 1. The van der Waals surface area contributed by atoms with Crippen molar-refractivity contribution in [3.8, 4) is 6.07 Å². The Kier molecular flexibility index (Phi) is 4.44. The summed E-state index contributed by atoms with van der Waals surface area (Å²) < 4.78 is 0. The average molecular weight is 360 g/mol. The summed E-state index contributed by atoms with van der Waals surface area (Å²) in [6.07, 6.45) is 10.9. The van der Waals surface area contributed by atoms with Crippen LogP contribution in [0.5, 0.6) is 0 Å². The highest BCUT2D eigenvalue weighted by atomic mass is 15.3. The lowest BCUT2D eigenvalue weighted by molar-refractivity contribution is 0.332. The van der Waals surface area contributed by atoms with E-state index in [1.165, 1.54) is 5.70 Å². The van der Waals surface area contributed by atoms with Crippen LogP contribution >= 0.6 is 0 Å². The summed E-state index contributed by atoms with van der Waals surface area (Å²) >= 11 is 0. The number of rotatable bonds is 3. The highest BCUT2D eigenvalue weighted by Gasteiger charge is 2.29. The second-order valence-corrected chi connectivity index (χ2v) is 7.36. The summed E-state index contributed by atoms with van der Waals surface area (Å²) in [5.41, 5.74) is 3.95. The molecule has 1 saturated heterocycles. The largest absolute Gasteiger partial charge is 0.370 e. The first kappa shape index (κ1) is 17.3. The van der Waals surface area contributed by atoms with Gasteiger partial charge in [-0.3, -0.25) is 0 Å². The van der Waals surface area contributed by atoms with Gasteiger partial charge in [0.05, 0.1) is 17.0 Å². The van der Waals surface area contributed by atoms with E-state index in [0.29, 0.717) is 6.04 Å². The predicted molar refractivity (Wildman–Crippen MR) is 107 cm³/mol. The monoisotopic (exact) mass is 360 g/mol. The Morgan fingerprint density at radius 2 is 2.19 bits per heavy atom. The standard InChI is InChI=1S/C21H24N6/c1-14-10-17(5-4-16(11-22)15(14)2)26(3)18-7-9-27(12-18)21-19-6-8-23-20(19)24-13-25-21/h4-6,8,10,13-14,18H,7,9,12H2,1-3H3,(H,23,24,25). The van der Waals surface area contributed by atoms with Crippen LogP contribution in [0, 0.1) is 17.2 Å². The third-order valence-corrected chi connectivity index (χ3v) is 5.82. The van der Waals surface area contributed by atoms with Gasteiger partial charge in [-0.05, 0) is 43.1 Å². The molecule has 1 aliphatic carbocycles. The number of aromatic nitrogens is 3. The number of likely N-dealkylation sites (N-methyl/N-ethyl adjacent to an activating group) is 1. The first-order chi connectivity index (χ1) is 13.1. The maximum atomic E-state index is 9.35. The zero-order valence-electron chi connectivity index (χ0n) is 16.0. The van der Waals surface area contributed by atoms with Crippen LogP contribution in [-0.4, -0.2) is 46.0 Å². The average Bonchev–Trinajstić information content (AvgIpc) is 3.33. The van der Waals surface area contributed by atoms with E-state index < -0.39 is 0 Å². The van der Waals surface area contributed by atoms with E-state index >= 15 is 0 Å². The van der Waals surface area contributed by atoms with Gasteiger partial charge in [0.25, 0.3) is 0 Å². The van der Waals surface area contributed by atoms with Crippen LogP contribution in [0.25, 0.3) is 11.0 Å². The summed E-state index contributed by atoms with van der Waals surface area (Å²) in [4.78, 5) is 16.7. The summed E-state index contributed by atoms with van der Waals surface area (Å²) in [6.45, 7) is 6.09. The van der Waals surface area contributed by atoms with Crippen LogP contribution in [0.4, 0.5) is 5.82 Å². The van der Waals surface area contributed by atoms with Crippen LogP contribution in [0.2, 0.25) is 0 Å². The van der Waals surface area contributed by atoms with E-state index in [1.54, 1.807) is 6.33 Å². The molecule has 2 aromatic heterocycles. The molecule has 6 heteroatoms. The Balaban J connectivity index is 1.53. The van der Waals surface area contributed by atoms with E-state index in [1.807, 2.05) is 25.3 Å². The number of anilines is 1. The molecule has 0 saturated carbocycles. The quantitative estimate of drug-likeness (QED) is 0.908. The van der Waals surface area contributed by atoms with E-state index in [4.69, 9.17) is 0 Å². The Bertz CT molecular complexity index is 990. The molecule has 4 rings (SSSR count). The van der Waals surface area contributed by atoms with Crippen molar-refractivity contribution in [2.24, 2.45) is 5.92 Å². The lowest BCUT2D eigenvalue weighted by Crippen LogP contribution is -2.34. The van der Waals surface area contributed by atoms with Gasteiger partial charge >= 0.3 is 0 Å². The fourth-order valence-electron chi connectivity index (χ4n) is 3.91. The van der Waals surface area contributed by atoms with E-state index in [2.05, 4.69) is 56.9 Å². The van der Waals surface area contributed by atoms with Gasteiger partial charge in [-0.2, -0.15) is 5.26 Å². The Hall–Kier alpha value is -3.07. The molecule has 2 atom stereocenters. The molecule has 0 bridgehead atoms. The molecule has 1 aliphatic heterocycles. The third-order valence-electron chi connectivity index (χ3n) is 5.82. The lowest BCUT2D eigenvalue weighted by Gasteiger charge is -2.28. The molecule has 0 aromatic carbocycles. The smallest absolute Gasteiger partial charge is 0.142 e. The van der Waals surface area contributed by atoms with Crippen molar-refractivity contribution in [3.05, 3.63) is 53.7 Å². The summed E-state index contributed by atoms with van der Waals surface area (Å²) in [5.74, 6) is 1.26. The van der Waals surface area contributed by atoms with Gasteiger partial charge in [-0.25, -0.2) is 9.97 Å². The van der Waals surface area contributed by atoms with Gasteiger partial charge < -0.3 is 14.8 Å². The fraction of sp³-hybridized carbons (Fsp3) is 0.381. The molecule has 2 unspecified atom stereocenters. The fourth-order valence-corrected chi connectivity index (χ4v) is 3.91. The predicted octanol–water partition coefficient (Wildman–Crippen LogP) is 3.40. The molecule has 3 heterocycles. The van der Waals surface area contributed by atoms with Gasteiger partial charge in [-0.1, -0.05) is 13.0 Å². The Labute approximate surface area is 159 Å². The molecule has 0 radical (unpaired) electrons. The van der Waals surface area contributed by atoms with Gasteiger partial charge in [-0.15, -0.1) is 0 Å². The highest BCUT2D eigenvalue weighted by molar-refractivity contribution is 5.87. The summed E-state index contributed by atoms with van der Waals surface area (Å²) in [5, 5.41) is 10.4. The maximum Gasteiger partial charge on any atom is 0.142 e. The molecule has 2 aliphatic rings. The zero-order chi connectivity index (χ0) is 19.0. The van der Waals surface area contributed by atoms with Crippen molar-refractivity contribution in [1.29, 1.82) is 5.26 Å². The number of hydrogen-bond donors (Lipinski definition) is 1. The number of allylic oxidation sites excluding steroid dienone is 5. The molecular formula is C21H24N6. The van der Waals surface area contributed by atoms with Crippen LogP contribution in [-0.2, 0) is 0 Å². The van der Waals surface area contributed by atoms with Crippen LogP contribution in [0.3, 0.4) is 0 Å². The molecular weight excluding hydrogens is 336 g/mol. The van der Waals surface area contributed by atoms with Crippen molar-refractivity contribution in [3.63, 3.8) is 0 Å². The normalized spacial score (nSPS) is 22.7. The number of nitriles is 1. The first-order valence-corrected chi connectivity index (χ1v) is 9.35. The Morgan fingerprint density at radius 1 is 1.33 bits per heavy atom. The minimum absolute atomic E-state index is 0.256. The van der Waals surface area contributed by atoms with Crippen LogP contribution in [0.15, 0.2) is 53.7 Å². The third kappa shape index (κ3) is 3.10. The number of fused-ring (bicyclic) bond motifs is 1. The zero-order valence-corrected chi connectivity index (χ0v) is 16.0. The van der Waals surface area contributed by atoms with Crippen molar-refractivity contribution in [2.45, 2.75) is 26.3 Å². The van der Waals surface area contributed by atoms with Crippen LogP contribution < -0.4 is 4.90 Å². The molecule has 138 valence electrons. The van der Waals surface area contributed by atoms with Crippen molar-refractivity contribution in [2.75, 3.05) is 25.0 Å². The van der Waals surface area contributed by atoms with E-state index in [9.17, 15) is 5.26 Å². The van der Waals surface area contributed by atoms with Crippen molar-refractivity contribution in [1.82, 2.24) is 19.9 Å². The van der Waals surface area contributed by atoms with Gasteiger partial charge in [0.1, 0.15) is 17.8 Å². The molecule has 0 spiro atoms. The van der Waals surface area contributed by atoms with Crippen molar-refractivity contribution < 1.29 is 0 Å². The molecule has 1 fully saturated rings. The SMILES string of the molecule is CC1=C(C#N)C=CC(N(C)C2CCN(c3ncnc4[nH]ccc34)C2)=CC1C. The number of aromatic amines is 1. The molecule has 0 amide bonds.